The summed E-state index contributed by atoms with van der Waals surface area (Å²) in [5.74, 6) is 0.0330. The highest BCUT2D eigenvalue weighted by Crippen LogP contribution is 2.32. The lowest BCUT2D eigenvalue weighted by Gasteiger charge is -2.16. The van der Waals surface area contributed by atoms with E-state index >= 15 is 0 Å². The first kappa shape index (κ1) is 17.7. The van der Waals surface area contributed by atoms with E-state index in [2.05, 4.69) is 5.32 Å². The molecule has 0 fully saturated rings. The Morgan fingerprint density at radius 1 is 1.43 bits per heavy atom. The molecule has 0 aliphatic rings. The highest BCUT2D eigenvalue weighted by atomic mass is 35.5. The number of benzene rings is 1. The van der Waals surface area contributed by atoms with E-state index in [9.17, 15) is 4.79 Å². The van der Waals surface area contributed by atoms with E-state index in [1.54, 1.807) is 18.2 Å². The zero-order valence-electron chi connectivity index (χ0n) is 12.2. The molecule has 1 aromatic rings. The quantitative estimate of drug-likeness (QED) is 0.677. The van der Waals surface area contributed by atoms with Gasteiger partial charge in [-0.1, -0.05) is 17.7 Å². The monoisotopic (exact) mass is 316 g/mol. The number of nitrogens with two attached hydrogens (primary N) is 1. The number of carbonyl (C=O) groups is 1. The number of para-hydroxylation sites is 1. The van der Waals surface area contributed by atoms with Gasteiger partial charge in [-0.2, -0.15) is 0 Å². The van der Waals surface area contributed by atoms with Gasteiger partial charge in [0, 0.05) is 13.7 Å². The second-order valence-corrected chi connectivity index (χ2v) is 4.62. The highest BCUT2D eigenvalue weighted by Gasteiger charge is 2.16. The van der Waals surface area contributed by atoms with Crippen molar-refractivity contribution in [2.45, 2.75) is 13.0 Å². The summed E-state index contributed by atoms with van der Waals surface area (Å²) in [7, 11) is 1.48. The van der Waals surface area contributed by atoms with Gasteiger partial charge in [0.05, 0.1) is 23.9 Å². The molecule has 1 rings (SSSR count). The molecule has 1 amide bonds. The number of hydrogen-bond donors (Lipinski definition) is 2. The Morgan fingerprint density at radius 3 is 2.86 bits per heavy atom. The molecule has 118 valence electrons. The molecule has 3 N–H and O–H groups in total. The number of amides is 1. The summed E-state index contributed by atoms with van der Waals surface area (Å²) >= 11 is 6.09. The molecule has 0 bridgehead atoms. The largest absolute Gasteiger partial charge is 0.487 e. The molecule has 0 saturated heterocycles. The minimum Gasteiger partial charge on any atom is -0.487 e. The van der Waals surface area contributed by atoms with Crippen molar-refractivity contribution in [2.75, 3.05) is 38.9 Å². The van der Waals surface area contributed by atoms with Crippen LogP contribution in [0.15, 0.2) is 18.2 Å². The van der Waals surface area contributed by atoms with Crippen molar-refractivity contribution in [1.29, 1.82) is 0 Å². The molecular formula is C14H21ClN2O4. The number of anilines is 1. The molecule has 0 aliphatic carbocycles. The molecule has 0 saturated carbocycles. The van der Waals surface area contributed by atoms with Gasteiger partial charge < -0.3 is 25.3 Å². The van der Waals surface area contributed by atoms with Gasteiger partial charge in [0.2, 0.25) is 5.91 Å². The van der Waals surface area contributed by atoms with Crippen LogP contribution in [0.2, 0.25) is 5.02 Å². The number of ether oxygens (including phenoxy) is 3. The zero-order valence-corrected chi connectivity index (χ0v) is 13.0. The fraction of sp³-hybridized carbons (Fsp3) is 0.500. The fourth-order valence-corrected chi connectivity index (χ4v) is 1.81. The lowest BCUT2D eigenvalue weighted by molar-refractivity contribution is -0.118. The van der Waals surface area contributed by atoms with E-state index in [1.165, 1.54) is 7.11 Å². The number of hydrogen-bond acceptors (Lipinski definition) is 5. The predicted molar refractivity (Wildman–Crippen MR) is 81.9 cm³/mol. The second kappa shape index (κ2) is 9.57. The van der Waals surface area contributed by atoms with Crippen LogP contribution in [0.3, 0.4) is 0 Å². The van der Waals surface area contributed by atoms with Crippen molar-refractivity contribution < 1.29 is 19.0 Å². The Bertz CT molecular complexity index is 457. The molecule has 0 radical (unpaired) electrons. The van der Waals surface area contributed by atoms with Gasteiger partial charge in [0.25, 0.3) is 0 Å². The smallest absolute Gasteiger partial charge is 0.243 e. The lowest BCUT2D eigenvalue weighted by atomic mass is 10.2. The molecular weight excluding hydrogens is 296 g/mol. The highest BCUT2D eigenvalue weighted by molar-refractivity contribution is 6.32. The summed E-state index contributed by atoms with van der Waals surface area (Å²) in [6.45, 7) is 3.43. The summed E-state index contributed by atoms with van der Waals surface area (Å²) < 4.78 is 15.6. The molecule has 7 heteroatoms. The van der Waals surface area contributed by atoms with Crippen LogP contribution in [0.1, 0.15) is 6.92 Å². The molecule has 1 unspecified atom stereocenters. The van der Waals surface area contributed by atoms with Crippen LogP contribution in [-0.2, 0) is 14.3 Å². The molecule has 0 aliphatic heterocycles. The zero-order chi connectivity index (χ0) is 15.7. The molecule has 21 heavy (non-hydrogen) atoms. The Kier molecular flexibility index (Phi) is 8.07. The van der Waals surface area contributed by atoms with Gasteiger partial charge in [-0.3, -0.25) is 4.79 Å². The average Bonchev–Trinajstić information content (AvgIpc) is 2.46. The number of halogens is 1. The van der Waals surface area contributed by atoms with Crippen LogP contribution in [-0.4, -0.2) is 45.5 Å². The van der Waals surface area contributed by atoms with Crippen molar-refractivity contribution >= 4 is 23.2 Å². The lowest BCUT2D eigenvalue weighted by Crippen LogP contribution is -2.39. The van der Waals surface area contributed by atoms with Crippen LogP contribution in [0, 0.1) is 0 Å². The summed E-state index contributed by atoms with van der Waals surface area (Å²) in [4.78, 5) is 11.9. The molecule has 0 aromatic heterocycles. The third-order valence-electron chi connectivity index (χ3n) is 2.59. The van der Waals surface area contributed by atoms with Gasteiger partial charge in [0.15, 0.2) is 5.75 Å². The summed E-state index contributed by atoms with van der Waals surface area (Å²) in [5.41, 5.74) is 6.14. The van der Waals surface area contributed by atoms with Crippen LogP contribution >= 0.6 is 11.6 Å². The van der Waals surface area contributed by atoms with E-state index < -0.39 is 6.04 Å². The summed E-state index contributed by atoms with van der Waals surface area (Å²) in [6, 6.07) is 4.34. The maximum atomic E-state index is 11.9. The third-order valence-corrected chi connectivity index (χ3v) is 2.88. The van der Waals surface area contributed by atoms with Gasteiger partial charge in [-0.05, 0) is 19.1 Å². The van der Waals surface area contributed by atoms with Crippen molar-refractivity contribution in [3.63, 3.8) is 0 Å². The van der Waals surface area contributed by atoms with Crippen LogP contribution < -0.4 is 15.8 Å². The molecule has 6 nitrogen and oxygen atoms in total. The Labute approximate surface area is 129 Å². The first-order valence-electron chi connectivity index (χ1n) is 6.64. The van der Waals surface area contributed by atoms with Gasteiger partial charge >= 0.3 is 0 Å². The van der Waals surface area contributed by atoms with Gasteiger partial charge in [-0.15, -0.1) is 0 Å². The van der Waals surface area contributed by atoms with Crippen molar-refractivity contribution in [2.24, 2.45) is 5.73 Å². The predicted octanol–water partition coefficient (Wildman–Crippen LogP) is 1.67. The average molecular weight is 317 g/mol. The van der Waals surface area contributed by atoms with Crippen molar-refractivity contribution in [1.82, 2.24) is 0 Å². The number of carbonyl (C=O) groups excluding carboxylic acids is 1. The number of rotatable bonds is 9. The van der Waals surface area contributed by atoms with E-state index in [0.717, 1.165) is 0 Å². The minimum absolute atomic E-state index is 0.132. The maximum Gasteiger partial charge on any atom is 0.243 e. The fourth-order valence-electron chi connectivity index (χ4n) is 1.58. The maximum absolute atomic E-state index is 11.9. The first-order valence-corrected chi connectivity index (χ1v) is 7.02. The van der Waals surface area contributed by atoms with E-state index in [-0.39, 0.29) is 12.5 Å². The van der Waals surface area contributed by atoms with Crippen LogP contribution in [0.25, 0.3) is 0 Å². The Balaban J connectivity index is 2.72. The molecule has 0 spiro atoms. The van der Waals surface area contributed by atoms with Gasteiger partial charge in [-0.25, -0.2) is 0 Å². The van der Waals surface area contributed by atoms with Gasteiger partial charge in [0.1, 0.15) is 12.6 Å². The van der Waals surface area contributed by atoms with E-state index in [1.807, 2.05) is 6.92 Å². The Morgan fingerprint density at radius 2 is 2.19 bits per heavy atom. The van der Waals surface area contributed by atoms with E-state index in [0.29, 0.717) is 36.3 Å². The standard InChI is InChI=1S/C14H21ClN2O4/c1-3-20-7-8-21-13-10(15)5-4-6-12(13)17-14(18)11(16)9-19-2/h4-6,11H,3,7-9,16H2,1-2H3,(H,17,18). The summed E-state index contributed by atoms with van der Waals surface area (Å²) in [6.07, 6.45) is 0. The Hall–Kier alpha value is -1.34. The molecule has 0 heterocycles. The second-order valence-electron chi connectivity index (χ2n) is 4.21. The van der Waals surface area contributed by atoms with Crippen LogP contribution in [0.4, 0.5) is 5.69 Å². The van der Waals surface area contributed by atoms with Crippen LogP contribution in [0.5, 0.6) is 5.75 Å². The molecule has 1 aromatic carbocycles. The van der Waals surface area contributed by atoms with E-state index in [4.69, 9.17) is 31.5 Å². The molecule has 1 atom stereocenters. The summed E-state index contributed by atoms with van der Waals surface area (Å²) in [5, 5.41) is 3.09. The number of methoxy groups -OCH3 is 1. The number of nitrogens with one attached hydrogen (secondary N) is 1. The third kappa shape index (κ3) is 5.89. The SMILES string of the molecule is CCOCCOc1c(Cl)cccc1NC(=O)C(N)COC. The normalized spacial score (nSPS) is 12.0. The topological polar surface area (TPSA) is 82.8 Å². The van der Waals surface area contributed by atoms with Crippen molar-refractivity contribution in [3.8, 4) is 5.75 Å². The van der Waals surface area contributed by atoms with Crippen molar-refractivity contribution in [3.05, 3.63) is 23.2 Å². The minimum atomic E-state index is -0.759. The first-order chi connectivity index (χ1) is 10.1.